The summed E-state index contributed by atoms with van der Waals surface area (Å²) in [6, 6.07) is 6.87. The Bertz CT molecular complexity index is 690. The summed E-state index contributed by atoms with van der Waals surface area (Å²) in [6.07, 6.45) is 0.531. The summed E-state index contributed by atoms with van der Waals surface area (Å²) in [5.74, 6) is 1.16. The van der Waals surface area contributed by atoms with Crippen LogP contribution in [-0.4, -0.2) is 20.2 Å². The van der Waals surface area contributed by atoms with Gasteiger partial charge in [0, 0.05) is 11.8 Å². The van der Waals surface area contributed by atoms with Gasteiger partial charge in [-0.05, 0) is 17.7 Å². The molecular weight excluding hydrogens is 264 g/mol. The number of hydrogen-bond donors (Lipinski definition) is 2. The molecule has 3 aromatic rings. The fourth-order valence-corrected chi connectivity index (χ4v) is 2.15. The number of aromatic nitrogens is 3. The molecule has 3 rings (SSSR count). The van der Waals surface area contributed by atoms with Gasteiger partial charge in [0.25, 0.3) is 5.89 Å². The summed E-state index contributed by atoms with van der Waals surface area (Å²) < 4.78 is 5.14. The Balaban J connectivity index is 1.80. The van der Waals surface area contributed by atoms with E-state index in [1.54, 1.807) is 17.5 Å². The fourth-order valence-electron chi connectivity index (χ4n) is 1.61. The van der Waals surface area contributed by atoms with E-state index in [-0.39, 0.29) is 5.75 Å². The number of nitrogen functional groups attached to an aromatic ring is 1. The van der Waals surface area contributed by atoms with E-state index in [2.05, 4.69) is 15.1 Å². The molecule has 3 N–H and O–H groups in total. The second-order valence-electron chi connectivity index (χ2n) is 3.93. The predicted molar refractivity (Wildman–Crippen MR) is 70.7 cm³/mol. The highest BCUT2D eigenvalue weighted by Crippen LogP contribution is 2.22. The van der Waals surface area contributed by atoms with E-state index in [9.17, 15) is 5.11 Å². The van der Waals surface area contributed by atoms with E-state index in [1.807, 2.05) is 12.1 Å². The van der Waals surface area contributed by atoms with Crippen molar-refractivity contribution < 1.29 is 9.63 Å². The quantitative estimate of drug-likeness (QED) is 0.758. The molecule has 0 aliphatic carbocycles. The molecule has 2 aromatic heterocycles. The third-order valence-corrected chi connectivity index (χ3v) is 3.18. The Morgan fingerprint density at radius 3 is 2.68 bits per heavy atom. The zero-order chi connectivity index (χ0) is 13.2. The lowest BCUT2D eigenvalue weighted by molar-refractivity contribution is 0.423. The van der Waals surface area contributed by atoms with Crippen LogP contribution in [0.15, 0.2) is 34.2 Å². The number of thiazole rings is 1. The molecule has 19 heavy (non-hydrogen) atoms. The van der Waals surface area contributed by atoms with E-state index in [4.69, 9.17) is 10.3 Å². The monoisotopic (exact) mass is 274 g/mol. The van der Waals surface area contributed by atoms with Crippen molar-refractivity contribution in [1.29, 1.82) is 0 Å². The Morgan fingerprint density at radius 1 is 1.21 bits per heavy atom. The topological polar surface area (TPSA) is 98.1 Å². The molecule has 0 unspecified atom stereocenters. The van der Waals surface area contributed by atoms with Crippen molar-refractivity contribution in [2.75, 3.05) is 5.73 Å². The molecule has 7 heteroatoms. The first-order valence-corrected chi connectivity index (χ1v) is 6.40. The predicted octanol–water partition coefficient (Wildman–Crippen LogP) is 2.07. The number of nitrogens with zero attached hydrogens (tertiary/aromatic N) is 3. The minimum absolute atomic E-state index is 0.232. The van der Waals surface area contributed by atoms with Gasteiger partial charge in [-0.15, -0.1) is 11.3 Å². The van der Waals surface area contributed by atoms with Crippen molar-refractivity contribution in [2.24, 2.45) is 0 Å². The van der Waals surface area contributed by atoms with Crippen LogP contribution in [0.1, 0.15) is 11.4 Å². The van der Waals surface area contributed by atoms with Crippen LogP contribution in [0, 0.1) is 0 Å². The maximum atomic E-state index is 9.21. The molecule has 0 saturated carbocycles. The highest BCUT2D eigenvalue weighted by atomic mass is 32.1. The first-order chi connectivity index (χ1) is 9.20. The Hall–Kier alpha value is -2.41. The van der Waals surface area contributed by atoms with Crippen LogP contribution in [0.5, 0.6) is 5.75 Å². The molecule has 96 valence electrons. The first-order valence-electron chi connectivity index (χ1n) is 5.52. The molecule has 0 amide bonds. The summed E-state index contributed by atoms with van der Waals surface area (Å²) in [5.41, 5.74) is 7.13. The van der Waals surface area contributed by atoms with Crippen molar-refractivity contribution in [2.45, 2.75) is 6.42 Å². The van der Waals surface area contributed by atoms with E-state index in [0.717, 1.165) is 5.56 Å². The van der Waals surface area contributed by atoms with Crippen LogP contribution in [0.25, 0.3) is 11.6 Å². The van der Waals surface area contributed by atoms with Crippen LogP contribution in [-0.2, 0) is 6.42 Å². The maximum Gasteiger partial charge on any atom is 0.277 e. The average molecular weight is 274 g/mol. The molecule has 6 nitrogen and oxygen atoms in total. The standard InChI is InChI=1S/C12H10N4O2S/c13-12-14-9(6-19-12)11-15-10(16-18-11)5-7-1-3-8(17)4-2-7/h1-4,6,17H,5H2,(H2,13,14). The maximum absolute atomic E-state index is 9.21. The van der Waals surface area contributed by atoms with Crippen LogP contribution in [0.4, 0.5) is 5.13 Å². The summed E-state index contributed by atoms with van der Waals surface area (Å²) in [6.45, 7) is 0. The first kappa shape index (κ1) is 11.7. The van der Waals surface area contributed by atoms with E-state index in [0.29, 0.717) is 29.0 Å². The number of rotatable bonds is 3. The summed E-state index contributed by atoms with van der Waals surface area (Å²) in [4.78, 5) is 8.34. The van der Waals surface area contributed by atoms with Gasteiger partial charge in [0.15, 0.2) is 11.0 Å². The number of aromatic hydroxyl groups is 1. The van der Waals surface area contributed by atoms with Gasteiger partial charge in [-0.25, -0.2) is 4.98 Å². The third kappa shape index (κ3) is 2.55. The number of hydrogen-bond acceptors (Lipinski definition) is 7. The van der Waals surface area contributed by atoms with Crippen molar-refractivity contribution in [1.82, 2.24) is 15.1 Å². The minimum atomic E-state index is 0.232. The Morgan fingerprint density at radius 2 is 2.00 bits per heavy atom. The van der Waals surface area contributed by atoms with E-state index >= 15 is 0 Å². The normalized spacial score (nSPS) is 10.7. The lowest BCUT2D eigenvalue weighted by Gasteiger charge is -1.96. The number of benzene rings is 1. The Kier molecular flexibility index (Phi) is 2.88. The van der Waals surface area contributed by atoms with Crippen LogP contribution >= 0.6 is 11.3 Å². The molecular formula is C12H10N4O2S. The van der Waals surface area contributed by atoms with Gasteiger partial charge in [-0.1, -0.05) is 17.3 Å². The van der Waals surface area contributed by atoms with Gasteiger partial charge in [-0.2, -0.15) is 4.98 Å². The molecule has 2 heterocycles. The molecule has 0 aliphatic heterocycles. The lowest BCUT2D eigenvalue weighted by atomic mass is 10.1. The van der Waals surface area contributed by atoms with Crippen molar-refractivity contribution in [3.63, 3.8) is 0 Å². The van der Waals surface area contributed by atoms with Gasteiger partial charge in [0.05, 0.1) is 0 Å². The van der Waals surface area contributed by atoms with Crippen molar-refractivity contribution in [3.05, 3.63) is 41.0 Å². The SMILES string of the molecule is Nc1nc(-c2nc(Cc3ccc(O)cc3)no2)cs1. The second kappa shape index (κ2) is 4.69. The zero-order valence-corrected chi connectivity index (χ0v) is 10.6. The second-order valence-corrected chi connectivity index (χ2v) is 4.82. The number of phenols is 1. The minimum Gasteiger partial charge on any atom is -0.508 e. The lowest BCUT2D eigenvalue weighted by Crippen LogP contribution is -1.90. The molecule has 0 fully saturated rings. The highest BCUT2D eigenvalue weighted by Gasteiger charge is 2.12. The van der Waals surface area contributed by atoms with Gasteiger partial charge in [0.2, 0.25) is 0 Å². The van der Waals surface area contributed by atoms with Crippen LogP contribution in [0.2, 0.25) is 0 Å². The third-order valence-electron chi connectivity index (χ3n) is 2.51. The van der Waals surface area contributed by atoms with E-state index in [1.165, 1.54) is 11.3 Å². The fraction of sp³-hybridized carbons (Fsp3) is 0.0833. The zero-order valence-electron chi connectivity index (χ0n) is 9.78. The molecule has 1 aromatic carbocycles. The van der Waals surface area contributed by atoms with Gasteiger partial charge < -0.3 is 15.4 Å². The number of phenolic OH excluding ortho intramolecular Hbond substituents is 1. The molecule has 0 aliphatic rings. The largest absolute Gasteiger partial charge is 0.508 e. The number of anilines is 1. The van der Waals surface area contributed by atoms with E-state index < -0.39 is 0 Å². The van der Waals surface area contributed by atoms with Crippen LogP contribution in [0.3, 0.4) is 0 Å². The molecule has 0 atom stereocenters. The van der Waals surface area contributed by atoms with Gasteiger partial charge in [-0.3, -0.25) is 0 Å². The summed E-state index contributed by atoms with van der Waals surface area (Å²) >= 11 is 1.33. The van der Waals surface area contributed by atoms with Gasteiger partial charge in [0.1, 0.15) is 11.4 Å². The smallest absolute Gasteiger partial charge is 0.277 e. The van der Waals surface area contributed by atoms with Crippen molar-refractivity contribution in [3.8, 4) is 17.3 Å². The van der Waals surface area contributed by atoms with Crippen molar-refractivity contribution >= 4 is 16.5 Å². The highest BCUT2D eigenvalue weighted by molar-refractivity contribution is 7.13. The Labute approximate surface area is 112 Å². The summed E-state index contributed by atoms with van der Waals surface area (Å²) in [5, 5.41) is 15.3. The molecule has 0 radical (unpaired) electrons. The van der Waals surface area contributed by atoms with Crippen LogP contribution < -0.4 is 5.73 Å². The molecule has 0 spiro atoms. The van der Waals surface area contributed by atoms with Gasteiger partial charge >= 0.3 is 0 Å². The summed E-state index contributed by atoms with van der Waals surface area (Å²) in [7, 11) is 0. The average Bonchev–Trinajstić information content (AvgIpc) is 3.01. The molecule has 0 bridgehead atoms. The number of nitrogens with two attached hydrogens (primary N) is 1. The molecule has 0 saturated heterocycles.